The number of esters is 1. The number of fused-ring (bicyclic) bond motifs is 1. The van der Waals surface area contributed by atoms with Crippen molar-refractivity contribution in [2.24, 2.45) is 0 Å². The van der Waals surface area contributed by atoms with Crippen molar-refractivity contribution in [3.8, 4) is 11.5 Å². The van der Waals surface area contributed by atoms with Crippen molar-refractivity contribution >= 4 is 22.8 Å². The summed E-state index contributed by atoms with van der Waals surface area (Å²) in [5.74, 6) is 0.166. The van der Waals surface area contributed by atoms with Crippen LogP contribution >= 0.6 is 0 Å². The molecule has 0 aliphatic carbocycles. The van der Waals surface area contributed by atoms with Crippen molar-refractivity contribution in [1.82, 2.24) is 5.32 Å². The van der Waals surface area contributed by atoms with Crippen molar-refractivity contribution in [1.29, 1.82) is 0 Å². The van der Waals surface area contributed by atoms with Crippen molar-refractivity contribution in [2.45, 2.75) is 33.6 Å². The number of benzene rings is 2. The van der Waals surface area contributed by atoms with Gasteiger partial charge >= 0.3 is 11.6 Å². The molecule has 7 heteroatoms. The van der Waals surface area contributed by atoms with Gasteiger partial charge in [-0.3, -0.25) is 9.59 Å². The fourth-order valence-corrected chi connectivity index (χ4v) is 3.11. The minimum atomic E-state index is -0.745. The Morgan fingerprint density at radius 1 is 1.06 bits per heavy atom. The Labute approximate surface area is 180 Å². The second-order valence-corrected chi connectivity index (χ2v) is 7.20. The lowest BCUT2D eigenvalue weighted by atomic mass is 10.1. The number of rotatable bonds is 8. The predicted molar refractivity (Wildman–Crippen MR) is 117 cm³/mol. The molecule has 3 rings (SSSR count). The van der Waals surface area contributed by atoms with E-state index in [1.807, 2.05) is 32.0 Å². The molecule has 2 aromatic carbocycles. The molecule has 162 valence electrons. The number of carbonyl (C=O) groups is 2. The molecule has 0 bridgehead atoms. The first-order valence-corrected chi connectivity index (χ1v) is 10.1. The molecule has 31 heavy (non-hydrogen) atoms. The zero-order valence-corrected chi connectivity index (χ0v) is 17.8. The molecule has 0 saturated carbocycles. The summed E-state index contributed by atoms with van der Waals surface area (Å²) in [4.78, 5) is 36.1. The van der Waals surface area contributed by atoms with E-state index in [-0.39, 0.29) is 23.3 Å². The fourth-order valence-electron chi connectivity index (χ4n) is 3.11. The van der Waals surface area contributed by atoms with Crippen LogP contribution in [0.4, 0.5) is 0 Å². The molecule has 0 fully saturated rings. The van der Waals surface area contributed by atoms with Gasteiger partial charge in [-0.2, -0.15) is 0 Å². The second-order valence-electron chi connectivity index (χ2n) is 7.20. The second kappa shape index (κ2) is 9.93. The van der Waals surface area contributed by atoms with Gasteiger partial charge in [-0.05, 0) is 57.0 Å². The minimum Gasteiger partial charge on any atom is -0.493 e. The third kappa shape index (κ3) is 5.72. The van der Waals surface area contributed by atoms with Crippen LogP contribution in [-0.4, -0.2) is 25.0 Å². The van der Waals surface area contributed by atoms with Crippen molar-refractivity contribution in [3.63, 3.8) is 0 Å². The van der Waals surface area contributed by atoms with Crippen LogP contribution in [0.2, 0.25) is 0 Å². The molecule has 7 nitrogen and oxygen atoms in total. The van der Waals surface area contributed by atoms with E-state index in [1.165, 1.54) is 17.7 Å². The lowest BCUT2D eigenvalue weighted by molar-refractivity contribution is -0.134. The monoisotopic (exact) mass is 423 g/mol. The zero-order valence-electron chi connectivity index (χ0n) is 17.8. The first-order chi connectivity index (χ1) is 14.9. The third-order valence-corrected chi connectivity index (χ3v) is 4.63. The molecule has 1 aromatic heterocycles. The number of nitrogens with one attached hydrogen (secondary N) is 1. The van der Waals surface area contributed by atoms with E-state index in [0.717, 1.165) is 11.3 Å². The highest BCUT2D eigenvalue weighted by Crippen LogP contribution is 2.22. The molecule has 0 unspecified atom stereocenters. The van der Waals surface area contributed by atoms with Crippen LogP contribution in [0.15, 0.2) is 51.7 Å². The normalized spacial score (nSPS) is 10.7. The Morgan fingerprint density at radius 3 is 2.61 bits per heavy atom. The molecule has 0 atom stereocenters. The Morgan fingerprint density at radius 2 is 1.87 bits per heavy atom. The van der Waals surface area contributed by atoms with Crippen LogP contribution in [0, 0.1) is 13.8 Å². The molecular formula is C24H25NO6. The Balaban J connectivity index is 1.57. The Kier molecular flexibility index (Phi) is 7.07. The highest BCUT2D eigenvalue weighted by molar-refractivity contribution is 5.96. The van der Waals surface area contributed by atoms with E-state index < -0.39 is 17.5 Å². The third-order valence-electron chi connectivity index (χ3n) is 4.63. The van der Waals surface area contributed by atoms with E-state index in [1.54, 1.807) is 19.1 Å². The maximum Gasteiger partial charge on any atom is 0.349 e. The van der Waals surface area contributed by atoms with Crippen LogP contribution in [0.1, 0.15) is 41.3 Å². The minimum absolute atomic E-state index is 0.0668. The van der Waals surface area contributed by atoms with Crippen molar-refractivity contribution in [3.05, 3.63) is 69.6 Å². The lowest BCUT2D eigenvalue weighted by Gasteiger charge is -2.10. The first-order valence-electron chi connectivity index (χ1n) is 10.1. The Bertz CT molecular complexity index is 1160. The summed E-state index contributed by atoms with van der Waals surface area (Å²) in [5.41, 5.74) is 1.64. The van der Waals surface area contributed by atoms with Crippen LogP contribution in [0.25, 0.3) is 11.0 Å². The summed E-state index contributed by atoms with van der Waals surface area (Å²) >= 11 is 0. The molecule has 1 heterocycles. The van der Waals surface area contributed by atoms with Crippen LogP contribution < -0.4 is 20.4 Å². The summed E-state index contributed by atoms with van der Waals surface area (Å²) in [6, 6.07) is 12.1. The molecule has 3 aromatic rings. The fraction of sp³-hybridized carbons (Fsp3) is 0.292. The number of hydrogen-bond acceptors (Lipinski definition) is 6. The van der Waals surface area contributed by atoms with Gasteiger partial charge in [-0.15, -0.1) is 0 Å². The van der Waals surface area contributed by atoms with E-state index in [4.69, 9.17) is 13.9 Å². The topological polar surface area (TPSA) is 94.8 Å². The van der Waals surface area contributed by atoms with Gasteiger partial charge in [0.25, 0.3) is 5.91 Å². The molecule has 1 N–H and O–H groups in total. The summed E-state index contributed by atoms with van der Waals surface area (Å²) in [7, 11) is 0. The number of aryl methyl sites for hydroxylation is 2. The highest BCUT2D eigenvalue weighted by Gasteiger charge is 2.14. The summed E-state index contributed by atoms with van der Waals surface area (Å²) < 4.78 is 16.3. The van der Waals surface area contributed by atoms with Gasteiger partial charge in [0.2, 0.25) is 0 Å². The van der Waals surface area contributed by atoms with E-state index in [9.17, 15) is 14.4 Å². The van der Waals surface area contributed by atoms with Crippen molar-refractivity contribution < 1.29 is 23.5 Å². The average Bonchev–Trinajstić information content (AvgIpc) is 2.72. The van der Waals surface area contributed by atoms with E-state index in [2.05, 4.69) is 5.32 Å². The van der Waals surface area contributed by atoms with Gasteiger partial charge in [0.05, 0.1) is 6.61 Å². The number of ether oxygens (including phenoxy) is 2. The van der Waals surface area contributed by atoms with Gasteiger partial charge in [-0.25, -0.2) is 4.79 Å². The van der Waals surface area contributed by atoms with Gasteiger partial charge in [-0.1, -0.05) is 17.7 Å². The summed E-state index contributed by atoms with van der Waals surface area (Å²) in [5, 5.41) is 3.12. The number of hydrogen-bond donors (Lipinski definition) is 1. The molecular weight excluding hydrogens is 398 g/mol. The van der Waals surface area contributed by atoms with E-state index in [0.29, 0.717) is 25.0 Å². The van der Waals surface area contributed by atoms with Crippen LogP contribution in [0.5, 0.6) is 11.5 Å². The summed E-state index contributed by atoms with van der Waals surface area (Å²) in [6.07, 6.45) is 0.688. The summed E-state index contributed by atoms with van der Waals surface area (Å²) in [6.45, 7) is 6.56. The first kappa shape index (κ1) is 22.1. The van der Waals surface area contributed by atoms with Gasteiger partial charge in [0.1, 0.15) is 22.6 Å². The zero-order chi connectivity index (χ0) is 22.4. The quantitative estimate of drug-likeness (QED) is 0.255. The maximum atomic E-state index is 12.1. The molecule has 0 saturated heterocycles. The molecule has 0 radical (unpaired) electrons. The maximum absolute atomic E-state index is 12.1. The molecule has 0 aliphatic rings. The number of carbonyl (C=O) groups excluding carboxylic acids is 2. The average molecular weight is 423 g/mol. The standard InChI is InChI=1S/C24H25NO6/c1-4-25-23(27)19-13-17-8-9-18(14-21(17)31-24(19)28)30-22(26)6-5-11-29-20-10-7-15(2)12-16(20)3/h7-10,12-14H,4-6,11H2,1-3H3,(H,25,27). The predicted octanol–water partition coefficient (Wildman–Crippen LogP) is 3.92. The Hall–Kier alpha value is -3.61. The van der Waals surface area contributed by atoms with Crippen LogP contribution in [0.3, 0.4) is 0 Å². The van der Waals surface area contributed by atoms with Crippen LogP contribution in [-0.2, 0) is 4.79 Å². The van der Waals surface area contributed by atoms with Crippen molar-refractivity contribution in [2.75, 3.05) is 13.2 Å². The van der Waals surface area contributed by atoms with Gasteiger partial charge in [0, 0.05) is 24.4 Å². The van der Waals surface area contributed by atoms with E-state index >= 15 is 0 Å². The van der Waals surface area contributed by atoms with Gasteiger partial charge in [0.15, 0.2) is 0 Å². The molecule has 0 spiro atoms. The largest absolute Gasteiger partial charge is 0.493 e. The molecule has 0 aliphatic heterocycles. The lowest BCUT2D eigenvalue weighted by Crippen LogP contribution is -2.27. The van der Waals surface area contributed by atoms with Gasteiger partial charge < -0.3 is 19.2 Å². The smallest absolute Gasteiger partial charge is 0.349 e. The highest BCUT2D eigenvalue weighted by atomic mass is 16.5. The SMILES string of the molecule is CCNC(=O)c1cc2ccc(OC(=O)CCCOc3ccc(C)cc3C)cc2oc1=O. The molecule has 1 amide bonds. The number of amides is 1.